The molecule has 39 heavy (non-hydrogen) atoms. The maximum Gasteiger partial charge on any atom is 0.260 e. The molecule has 0 unspecified atom stereocenters. The minimum atomic E-state index is -0.00717. The largest absolute Gasteiger partial charge is 0.456 e. The summed E-state index contributed by atoms with van der Waals surface area (Å²) in [6.07, 6.45) is 4.27. The molecule has 0 spiro atoms. The van der Waals surface area contributed by atoms with Gasteiger partial charge in [-0.15, -0.1) is 0 Å². The summed E-state index contributed by atoms with van der Waals surface area (Å²) in [5.74, 6) is 3.44. The highest BCUT2D eigenvalue weighted by atomic mass is 16.5. The van der Waals surface area contributed by atoms with Crippen LogP contribution in [0.25, 0.3) is 33.2 Å². The van der Waals surface area contributed by atoms with Gasteiger partial charge in [0.1, 0.15) is 11.5 Å². The number of hydrogen-bond acceptors (Lipinski definition) is 2. The van der Waals surface area contributed by atoms with Crippen molar-refractivity contribution in [1.82, 2.24) is 9.13 Å². The van der Waals surface area contributed by atoms with Crippen LogP contribution in [0.3, 0.4) is 0 Å². The van der Waals surface area contributed by atoms with Crippen molar-refractivity contribution >= 4 is 44.9 Å². The van der Waals surface area contributed by atoms with Crippen molar-refractivity contribution in [3.05, 3.63) is 128 Å². The van der Waals surface area contributed by atoms with Crippen molar-refractivity contribution in [3.63, 3.8) is 0 Å². The number of aromatic nitrogens is 2. The molecular weight excluding hydrogens is 479 g/mol. The summed E-state index contributed by atoms with van der Waals surface area (Å²) in [5.41, 5.74) is 7.62. The van der Waals surface area contributed by atoms with Gasteiger partial charge in [0, 0.05) is 17.9 Å². The summed E-state index contributed by atoms with van der Waals surface area (Å²) in [4.78, 5) is 0. The Morgan fingerprint density at radius 3 is 1.49 bits per heavy atom. The highest BCUT2D eigenvalue weighted by Gasteiger charge is 2.42. The van der Waals surface area contributed by atoms with E-state index in [4.69, 9.17) is 9.47 Å². The molecule has 7 aromatic rings. The number of rotatable bonds is 2. The second-order valence-electron chi connectivity index (χ2n) is 10.2. The first-order valence-corrected chi connectivity index (χ1v) is 13.2. The topological polar surface area (TPSA) is 28.3 Å². The van der Waals surface area contributed by atoms with Gasteiger partial charge in [-0.3, -0.25) is 0 Å². The van der Waals surface area contributed by atoms with Crippen molar-refractivity contribution in [2.75, 3.05) is 0 Å². The van der Waals surface area contributed by atoms with Gasteiger partial charge in [0.25, 0.3) is 6.71 Å². The molecule has 0 saturated heterocycles. The van der Waals surface area contributed by atoms with E-state index < -0.39 is 0 Å². The Morgan fingerprint density at radius 2 is 0.949 bits per heavy atom. The third-order valence-electron chi connectivity index (χ3n) is 8.12. The van der Waals surface area contributed by atoms with Gasteiger partial charge in [-0.2, -0.15) is 0 Å². The lowest BCUT2D eigenvalue weighted by Gasteiger charge is -2.35. The number of benzene rings is 5. The minimum absolute atomic E-state index is 0.00717. The molecule has 0 radical (unpaired) electrons. The highest BCUT2D eigenvalue weighted by Crippen LogP contribution is 2.43. The molecule has 0 fully saturated rings. The standard InChI is InChI=1S/C34H21BN2O2/c1-5-13-26-22(9-1)17-19-36(26)28-21-29(37-20-18-23-10-2-6-14-27(23)37)34-32-33(28)38-30-15-7-3-11-24(30)35(32)25-12-4-8-16-31(25)39-34/h1-21H. The van der Waals surface area contributed by atoms with Gasteiger partial charge in [-0.1, -0.05) is 72.8 Å². The van der Waals surface area contributed by atoms with Crippen molar-refractivity contribution in [1.29, 1.82) is 0 Å². The summed E-state index contributed by atoms with van der Waals surface area (Å²) in [7, 11) is 0. The molecule has 182 valence electrons. The van der Waals surface area contributed by atoms with Crippen LogP contribution in [-0.4, -0.2) is 15.8 Å². The number of ether oxygens (including phenoxy) is 2. The molecule has 0 atom stereocenters. The number of para-hydroxylation sites is 4. The number of nitrogens with zero attached hydrogens (tertiary/aromatic N) is 2. The average Bonchev–Trinajstić information content (AvgIpc) is 3.62. The normalized spacial score (nSPS) is 13.0. The van der Waals surface area contributed by atoms with Crippen LogP contribution < -0.4 is 25.9 Å². The molecule has 4 nitrogen and oxygen atoms in total. The van der Waals surface area contributed by atoms with Crippen LogP contribution in [0.2, 0.25) is 0 Å². The molecule has 0 saturated carbocycles. The first-order chi connectivity index (χ1) is 19.3. The summed E-state index contributed by atoms with van der Waals surface area (Å²) in [6.45, 7) is -0.00717. The Kier molecular flexibility index (Phi) is 4.11. The molecule has 9 rings (SSSR count). The molecular formula is C34H21BN2O2. The highest BCUT2D eigenvalue weighted by molar-refractivity contribution is 6.98. The molecule has 0 aliphatic carbocycles. The van der Waals surface area contributed by atoms with E-state index in [9.17, 15) is 0 Å². The lowest BCUT2D eigenvalue weighted by atomic mass is 9.34. The Labute approximate surface area is 225 Å². The minimum Gasteiger partial charge on any atom is -0.456 e. The van der Waals surface area contributed by atoms with Crippen LogP contribution in [0.4, 0.5) is 0 Å². The predicted molar refractivity (Wildman–Crippen MR) is 158 cm³/mol. The zero-order valence-corrected chi connectivity index (χ0v) is 20.9. The van der Waals surface area contributed by atoms with E-state index in [2.05, 4.69) is 125 Å². The second kappa shape index (κ2) is 7.68. The molecule has 5 aromatic carbocycles. The molecule has 0 N–H and O–H groups in total. The molecule has 2 aliphatic heterocycles. The summed E-state index contributed by atoms with van der Waals surface area (Å²) < 4.78 is 18.1. The fraction of sp³-hybridized carbons (Fsp3) is 0. The van der Waals surface area contributed by atoms with Crippen molar-refractivity contribution in [2.24, 2.45) is 0 Å². The smallest absolute Gasteiger partial charge is 0.260 e. The fourth-order valence-electron chi connectivity index (χ4n) is 6.38. The van der Waals surface area contributed by atoms with Gasteiger partial charge in [0.15, 0.2) is 11.5 Å². The van der Waals surface area contributed by atoms with Gasteiger partial charge in [0.2, 0.25) is 0 Å². The Bertz CT molecular complexity index is 1960. The monoisotopic (exact) mass is 500 g/mol. The van der Waals surface area contributed by atoms with Crippen LogP contribution in [0.5, 0.6) is 23.0 Å². The SMILES string of the molecule is c1ccc2c(c1)Oc1c(-n3ccc4ccccc43)cc(-n3ccc4ccccc43)c3c1B2c1ccccc1O3. The Hall–Kier alpha value is -5.16. The molecule has 4 heterocycles. The molecule has 5 heteroatoms. The maximum atomic E-state index is 6.79. The van der Waals surface area contributed by atoms with E-state index in [1.165, 1.54) is 10.8 Å². The van der Waals surface area contributed by atoms with Gasteiger partial charge in [-0.25, -0.2) is 0 Å². The van der Waals surface area contributed by atoms with Gasteiger partial charge >= 0.3 is 0 Å². The number of fused-ring (bicyclic) bond motifs is 6. The van der Waals surface area contributed by atoms with Crippen molar-refractivity contribution in [3.8, 4) is 34.4 Å². The molecule has 2 aromatic heterocycles. The van der Waals surface area contributed by atoms with Crippen LogP contribution in [0.1, 0.15) is 0 Å². The van der Waals surface area contributed by atoms with Crippen LogP contribution in [0, 0.1) is 0 Å². The first-order valence-electron chi connectivity index (χ1n) is 13.2. The molecule has 0 amide bonds. The fourth-order valence-corrected chi connectivity index (χ4v) is 6.38. The van der Waals surface area contributed by atoms with E-state index >= 15 is 0 Å². The summed E-state index contributed by atoms with van der Waals surface area (Å²) >= 11 is 0. The quantitative estimate of drug-likeness (QED) is 0.261. The van der Waals surface area contributed by atoms with Crippen molar-refractivity contribution < 1.29 is 9.47 Å². The zero-order chi connectivity index (χ0) is 25.5. The van der Waals surface area contributed by atoms with Crippen molar-refractivity contribution in [2.45, 2.75) is 0 Å². The van der Waals surface area contributed by atoms with Crippen LogP contribution in [0.15, 0.2) is 128 Å². The Balaban J connectivity index is 1.44. The molecule has 0 bridgehead atoms. The molecule has 2 aliphatic rings. The zero-order valence-electron chi connectivity index (χ0n) is 20.9. The van der Waals surface area contributed by atoms with E-state index in [1.807, 2.05) is 12.1 Å². The van der Waals surface area contributed by atoms with Crippen LogP contribution >= 0.6 is 0 Å². The second-order valence-corrected chi connectivity index (χ2v) is 10.2. The third kappa shape index (κ3) is 2.84. The summed E-state index contributed by atoms with van der Waals surface area (Å²) in [5, 5.41) is 2.37. The van der Waals surface area contributed by atoms with E-state index in [0.717, 1.165) is 61.8 Å². The lowest BCUT2D eigenvalue weighted by Crippen LogP contribution is -2.57. The van der Waals surface area contributed by atoms with E-state index in [-0.39, 0.29) is 6.71 Å². The summed E-state index contributed by atoms with van der Waals surface area (Å²) in [6, 6.07) is 40.2. The lowest BCUT2D eigenvalue weighted by molar-refractivity contribution is 0.461. The van der Waals surface area contributed by atoms with Gasteiger partial charge in [-0.05, 0) is 64.2 Å². The first kappa shape index (κ1) is 20.9. The Morgan fingerprint density at radius 1 is 0.487 bits per heavy atom. The maximum absolute atomic E-state index is 6.79. The van der Waals surface area contributed by atoms with E-state index in [1.54, 1.807) is 0 Å². The van der Waals surface area contributed by atoms with Gasteiger partial charge < -0.3 is 18.6 Å². The average molecular weight is 500 g/mol. The predicted octanol–water partition coefficient (Wildman–Crippen LogP) is 6.30. The van der Waals surface area contributed by atoms with Gasteiger partial charge in [0.05, 0.1) is 22.4 Å². The number of hydrogen-bond donors (Lipinski definition) is 0. The van der Waals surface area contributed by atoms with E-state index in [0.29, 0.717) is 0 Å². The van der Waals surface area contributed by atoms with Crippen LogP contribution in [-0.2, 0) is 0 Å². The third-order valence-corrected chi connectivity index (χ3v) is 8.12.